The standard InChI is InChI=1S/C14H17ClN4O4/c15-8-5-9(11-7-17-2-4-22-11)18-12(6-8)19-3-1-10(13(19)20)23-14(16)21/h5-6,10-11,17H,1-4,7H2,(H2,16,21)/t10-,11?/m1/s1. The number of rotatable bonds is 3. The van der Waals surface area contributed by atoms with Gasteiger partial charge in [-0.3, -0.25) is 9.69 Å². The quantitative estimate of drug-likeness (QED) is 0.834. The molecule has 2 aliphatic heterocycles. The molecule has 0 aromatic carbocycles. The molecule has 2 atom stereocenters. The predicted octanol–water partition coefficient (Wildman–Crippen LogP) is 0.597. The van der Waals surface area contributed by atoms with Gasteiger partial charge in [-0.25, -0.2) is 9.78 Å². The van der Waals surface area contributed by atoms with Crippen molar-refractivity contribution in [3.63, 3.8) is 0 Å². The number of pyridine rings is 1. The number of nitrogens with two attached hydrogens (primary N) is 1. The molecule has 0 saturated carbocycles. The predicted molar refractivity (Wildman–Crippen MR) is 82.2 cm³/mol. The molecule has 2 fully saturated rings. The van der Waals surface area contributed by atoms with Crippen LogP contribution in [0.15, 0.2) is 12.1 Å². The molecule has 2 aliphatic rings. The summed E-state index contributed by atoms with van der Waals surface area (Å²) in [5.74, 6) is 0.0643. The second-order valence-corrected chi connectivity index (χ2v) is 5.77. The normalized spacial score (nSPS) is 24.7. The van der Waals surface area contributed by atoms with E-state index in [4.69, 9.17) is 26.8 Å². The number of nitrogens with zero attached hydrogens (tertiary/aromatic N) is 2. The minimum Gasteiger partial charge on any atom is -0.436 e. The average molecular weight is 341 g/mol. The first-order valence-electron chi connectivity index (χ1n) is 7.32. The third-order valence-electron chi connectivity index (χ3n) is 3.75. The van der Waals surface area contributed by atoms with Crippen molar-refractivity contribution in [1.29, 1.82) is 0 Å². The smallest absolute Gasteiger partial charge is 0.405 e. The summed E-state index contributed by atoms with van der Waals surface area (Å²) in [4.78, 5) is 29.1. The Hall–Kier alpha value is -1.90. The first kappa shape index (κ1) is 16.0. The number of hydrogen-bond acceptors (Lipinski definition) is 6. The van der Waals surface area contributed by atoms with E-state index >= 15 is 0 Å². The Morgan fingerprint density at radius 2 is 2.35 bits per heavy atom. The molecule has 3 heterocycles. The summed E-state index contributed by atoms with van der Waals surface area (Å²) in [5.41, 5.74) is 5.63. The van der Waals surface area contributed by atoms with Gasteiger partial charge < -0.3 is 20.5 Å². The van der Waals surface area contributed by atoms with Crippen LogP contribution in [-0.2, 0) is 14.3 Å². The summed E-state index contributed by atoms with van der Waals surface area (Å²) in [6.07, 6.45) is -1.68. The van der Waals surface area contributed by atoms with Crippen LogP contribution in [-0.4, -0.2) is 49.3 Å². The lowest BCUT2D eigenvalue weighted by Gasteiger charge is -2.24. The summed E-state index contributed by atoms with van der Waals surface area (Å²) in [5, 5.41) is 3.68. The van der Waals surface area contributed by atoms with Crippen molar-refractivity contribution in [2.75, 3.05) is 31.1 Å². The van der Waals surface area contributed by atoms with Crippen LogP contribution < -0.4 is 16.0 Å². The topological polar surface area (TPSA) is 107 Å². The molecule has 0 bridgehead atoms. The van der Waals surface area contributed by atoms with Gasteiger partial charge in [0.05, 0.1) is 12.3 Å². The van der Waals surface area contributed by atoms with Gasteiger partial charge in [-0.1, -0.05) is 11.6 Å². The lowest BCUT2D eigenvalue weighted by molar-refractivity contribution is -0.124. The van der Waals surface area contributed by atoms with Gasteiger partial charge in [-0.15, -0.1) is 0 Å². The number of hydrogen-bond donors (Lipinski definition) is 2. The molecule has 0 aliphatic carbocycles. The number of aromatic nitrogens is 1. The van der Waals surface area contributed by atoms with E-state index in [1.165, 1.54) is 4.90 Å². The van der Waals surface area contributed by atoms with Crippen molar-refractivity contribution >= 4 is 29.4 Å². The highest BCUT2D eigenvalue weighted by Crippen LogP contribution is 2.28. The Kier molecular flexibility index (Phi) is 4.65. The maximum Gasteiger partial charge on any atom is 0.405 e. The monoisotopic (exact) mass is 340 g/mol. The molecular formula is C14H17ClN4O4. The first-order valence-corrected chi connectivity index (χ1v) is 7.69. The van der Waals surface area contributed by atoms with Gasteiger partial charge in [-0.05, 0) is 12.1 Å². The minimum absolute atomic E-state index is 0.212. The molecule has 3 N–H and O–H groups in total. The summed E-state index contributed by atoms with van der Waals surface area (Å²) in [6, 6.07) is 3.33. The van der Waals surface area contributed by atoms with Crippen LogP contribution in [0.4, 0.5) is 10.6 Å². The van der Waals surface area contributed by atoms with Crippen molar-refractivity contribution < 1.29 is 19.1 Å². The molecule has 3 rings (SSSR count). The van der Waals surface area contributed by atoms with E-state index < -0.39 is 12.2 Å². The van der Waals surface area contributed by atoms with Crippen molar-refractivity contribution in [3.05, 3.63) is 22.8 Å². The first-order chi connectivity index (χ1) is 11.0. The Balaban J connectivity index is 1.81. The fraction of sp³-hybridized carbons (Fsp3) is 0.500. The molecule has 9 heteroatoms. The number of anilines is 1. The molecule has 8 nitrogen and oxygen atoms in total. The van der Waals surface area contributed by atoms with E-state index in [1.807, 2.05) is 0 Å². The summed E-state index contributed by atoms with van der Waals surface area (Å²) < 4.78 is 10.5. The van der Waals surface area contributed by atoms with E-state index in [-0.39, 0.29) is 12.0 Å². The van der Waals surface area contributed by atoms with E-state index in [9.17, 15) is 9.59 Å². The molecule has 0 radical (unpaired) electrons. The van der Waals surface area contributed by atoms with Crippen molar-refractivity contribution in [3.8, 4) is 0 Å². The number of carbonyl (C=O) groups excluding carboxylic acids is 2. The molecule has 0 spiro atoms. The zero-order valence-electron chi connectivity index (χ0n) is 12.3. The number of morpholine rings is 1. The van der Waals surface area contributed by atoms with Gasteiger partial charge in [0.25, 0.3) is 5.91 Å². The van der Waals surface area contributed by atoms with Gasteiger partial charge in [0.15, 0.2) is 6.10 Å². The SMILES string of the molecule is NC(=O)O[C@@H]1CCN(c2cc(Cl)cc(C3CNCCO3)n2)C1=O. The van der Waals surface area contributed by atoms with Gasteiger partial charge in [-0.2, -0.15) is 0 Å². The largest absolute Gasteiger partial charge is 0.436 e. The molecule has 124 valence electrons. The van der Waals surface area contributed by atoms with E-state index in [0.29, 0.717) is 42.7 Å². The summed E-state index contributed by atoms with van der Waals surface area (Å²) in [6.45, 7) is 2.40. The van der Waals surface area contributed by atoms with E-state index in [1.54, 1.807) is 12.1 Å². The van der Waals surface area contributed by atoms with Gasteiger partial charge in [0.1, 0.15) is 11.9 Å². The number of primary amides is 1. The van der Waals surface area contributed by atoms with Gasteiger partial charge >= 0.3 is 6.09 Å². The number of ether oxygens (including phenoxy) is 2. The number of amides is 2. The molecule has 2 saturated heterocycles. The summed E-state index contributed by atoms with van der Waals surface area (Å²) in [7, 11) is 0. The number of halogens is 1. The van der Waals surface area contributed by atoms with Crippen molar-refractivity contribution in [2.45, 2.75) is 18.6 Å². The minimum atomic E-state index is -0.966. The number of carbonyl (C=O) groups is 2. The van der Waals surface area contributed by atoms with Crippen molar-refractivity contribution in [1.82, 2.24) is 10.3 Å². The Labute approximate surface area is 137 Å². The Morgan fingerprint density at radius 1 is 1.52 bits per heavy atom. The fourth-order valence-electron chi connectivity index (χ4n) is 2.69. The highest BCUT2D eigenvalue weighted by molar-refractivity contribution is 6.31. The Bertz CT molecular complexity index is 621. The maximum absolute atomic E-state index is 12.3. The maximum atomic E-state index is 12.3. The van der Waals surface area contributed by atoms with Crippen LogP contribution in [0.3, 0.4) is 0 Å². The van der Waals surface area contributed by atoms with Crippen LogP contribution in [0.25, 0.3) is 0 Å². The highest BCUT2D eigenvalue weighted by Gasteiger charge is 2.36. The lowest BCUT2D eigenvalue weighted by Crippen LogP contribution is -2.35. The van der Waals surface area contributed by atoms with E-state index in [2.05, 4.69) is 10.3 Å². The zero-order valence-corrected chi connectivity index (χ0v) is 13.1. The third-order valence-corrected chi connectivity index (χ3v) is 3.96. The third kappa shape index (κ3) is 3.54. The second-order valence-electron chi connectivity index (χ2n) is 5.34. The molecule has 23 heavy (non-hydrogen) atoms. The lowest BCUT2D eigenvalue weighted by atomic mass is 10.2. The molecule has 1 unspecified atom stereocenters. The number of nitrogens with one attached hydrogen (secondary N) is 1. The Morgan fingerprint density at radius 3 is 3.04 bits per heavy atom. The van der Waals surface area contributed by atoms with Crippen LogP contribution in [0.1, 0.15) is 18.2 Å². The zero-order chi connectivity index (χ0) is 16.4. The second kappa shape index (κ2) is 6.69. The summed E-state index contributed by atoms with van der Waals surface area (Å²) >= 11 is 6.16. The van der Waals surface area contributed by atoms with Crippen LogP contribution in [0.2, 0.25) is 5.02 Å². The molecule has 1 aromatic heterocycles. The van der Waals surface area contributed by atoms with Crippen LogP contribution in [0.5, 0.6) is 0 Å². The highest BCUT2D eigenvalue weighted by atomic mass is 35.5. The fourth-order valence-corrected chi connectivity index (χ4v) is 2.90. The van der Waals surface area contributed by atoms with Gasteiger partial charge in [0, 0.05) is 31.1 Å². The van der Waals surface area contributed by atoms with Gasteiger partial charge in [0.2, 0.25) is 0 Å². The molecular weight excluding hydrogens is 324 g/mol. The van der Waals surface area contributed by atoms with E-state index in [0.717, 1.165) is 6.54 Å². The van der Waals surface area contributed by atoms with Crippen LogP contribution in [0, 0.1) is 0 Å². The average Bonchev–Trinajstić information content (AvgIpc) is 2.88. The molecule has 2 amide bonds. The molecule has 1 aromatic rings. The van der Waals surface area contributed by atoms with Crippen LogP contribution >= 0.6 is 11.6 Å². The van der Waals surface area contributed by atoms with Crippen molar-refractivity contribution in [2.24, 2.45) is 5.73 Å².